The number of carbonyl (C=O) groups is 1. The van der Waals surface area contributed by atoms with Gasteiger partial charge in [-0.25, -0.2) is 0 Å². The average Bonchev–Trinajstić information content (AvgIpc) is 2.28. The Kier molecular flexibility index (Phi) is 4.24. The molecule has 0 radical (unpaired) electrons. The summed E-state index contributed by atoms with van der Waals surface area (Å²) >= 11 is 0. The van der Waals surface area contributed by atoms with Crippen LogP contribution in [0.4, 0.5) is 0 Å². The number of Topliss-reactive ketones (excluding diaryl/α,β-unsaturated/α-hetero) is 1. The zero-order valence-electron chi connectivity index (χ0n) is 16.1. The largest absolute Gasteiger partial charge is 0.299 e. The molecule has 0 heterocycles. The molecule has 0 saturated carbocycles. The molecule has 0 bridgehead atoms. The van der Waals surface area contributed by atoms with Gasteiger partial charge in [0.2, 0.25) is 0 Å². The van der Waals surface area contributed by atoms with Gasteiger partial charge < -0.3 is 0 Å². The van der Waals surface area contributed by atoms with Crippen molar-refractivity contribution in [2.75, 3.05) is 0 Å². The third-order valence-corrected chi connectivity index (χ3v) is 3.37. The lowest BCUT2D eigenvalue weighted by molar-refractivity contribution is -0.131. The van der Waals surface area contributed by atoms with Crippen LogP contribution in [0.5, 0.6) is 0 Å². The van der Waals surface area contributed by atoms with Gasteiger partial charge >= 0.3 is 0 Å². The van der Waals surface area contributed by atoms with Gasteiger partial charge in [0.25, 0.3) is 0 Å². The van der Waals surface area contributed by atoms with Gasteiger partial charge in [0.15, 0.2) is 0 Å². The Morgan fingerprint density at radius 3 is 2.05 bits per heavy atom. The van der Waals surface area contributed by atoms with Crippen LogP contribution in [0, 0.1) is 23.7 Å². The van der Waals surface area contributed by atoms with Gasteiger partial charge in [-0.05, 0) is 30.7 Å². The Morgan fingerprint density at radius 1 is 1.15 bits per heavy atom. The Bertz CT molecular complexity index is 525. The molecule has 0 aliphatic rings. The minimum Gasteiger partial charge on any atom is -0.299 e. The maximum absolute atomic E-state index is 12.8. The Hall–Kier alpha value is -1.11. The van der Waals surface area contributed by atoms with Crippen molar-refractivity contribution in [3.05, 3.63) is 35.3 Å². The fraction of sp³-hybridized carbons (Fsp3) is 0.632. The van der Waals surface area contributed by atoms with Crippen LogP contribution in [-0.4, -0.2) is 5.78 Å². The Labute approximate surface area is 127 Å². The van der Waals surface area contributed by atoms with E-state index in [0.29, 0.717) is 24.1 Å². The molecule has 0 aromatic heterocycles. The summed E-state index contributed by atoms with van der Waals surface area (Å²) in [4.78, 5) is 12.8. The molecule has 0 aliphatic heterocycles. The summed E-state index contributed by atoms with van der Waals surface area (Å²) < 4.78 is 16.3. The van der Waals surface area contributed by atoms with Gasteiger partial charge in [-0.3, -0.25) is 4.79 Å². The van der Waals surface area contributed by atoms with Crippen molar-refractivity contribution in [1.29, 1.82) is 0 Å². The van der Waals surface area contributed by atoms with Crippen LogP contribution in [0.2, 0.25) is 0 Å². The number of carbonyl (C=O) groups excluding carboxylic acids is 1. The van der Waals surface area contributed by atoms with E-state index < -0.39 is 5.41 Å². The molecule has 1 atom stereocenters. The summed E-state index contributed by atoms with van der Waals surface area (Å²) in [6.45, 7) is 14.1. The first kappa shape index (κ1) is 13.9. The van der Waals surface area contributed by atoms with E-state index in [1.54, 1.807) is 12.1 Å². The van der Waals surface area contributed by atoms with Crippen molar-refractivity contribution in [2.45, 2.75) is 61.3 Å². The summed E-state index contributed by atoms with van der Waals surface area (Å²) in [7, 11) is 0. The third kappa shape index (κ3) is 5.48. The minimum atomic E-state index is -0.398. The molecular formula is C19H30O. The summed E-state index contributed by atoms with van der Waals surface area (Å²) in [5.41, 5.74) is 1.26. The van der Waals surface area contributed by atoms with Crippen LogP contribution in [0.1, 0.15) is 61.8 Å². The van der Waals surface area contributed by atoms with Crippen LogP contribution in [0.15, 0.2) is 24.2 Å². The first-order valence-electron chi connectivity index (χ1n) is 8.42. The second kappa shape index (κ2) is 6.11. The van der Waals surface area contributed by atoms with Crippen LogP contribution < -0.4 is 0 Å². The smallest absolute Gasteiger partial charge is 0.141 e. The van der Waals surface area contributed by atoms with Crippen LogP contribution >= 0.6 is 0 Å². The van der Waals surface area contributed by atoms with E-state index >= 15 is 0 Å². The van der Waals surface area contributed by atoms with Gasteiger partial charge in [-0.1, -0.05) is 71.3 Å². The SMILES string of the molecule is [2H]c1cc(C)cc([2H])c1C[C@H](CC(C)(C)C)C(=O)C(C)(C)C. The predicted octanol–water partition coefficient (Wildman–Crippen LogP) is 5.21. The van der Waals surface area contributed by atoms with Crippen molar-refractivity contribution in [1.82, 2.24) is 0 Å². The molecule has 0 amide bonds. The molecule has 0 spiro atoms. The first-order chi connectivity index (χ1) is 9.81. The van der Waals surface area contributed by atoms with Crippen LogP contribution in [0.25, 0.3) is 0 Å². The van der Waals surface area contributed by atoms with Crippen molar-refractivity contribution in [3.63, 3.8) is 0 Å². The van der Waals surface area contributed by atoms with E-state index in [1.165, 1.54) is 0 Å². The second-order valence-corrected chi connectivity index (χ2v) is 8.08. The number of hydrogen-bond donors (Lipinski definition) is 0. The lowest BCUT2D eigenvalue weighted by Gasteiger charge is -2.30. The van der Waals surface area contributed by atoms with Gasteiger partial charge in [-0.15, -0.1) is 0 Å². The summed E-state index contributed by atoms with van der Waals surface area (Å²) in [5.74, 6) is 0.0812. The highest BCUT2D eigenvalue weighted by Crippen LogP contribution is 2.32. The predicted molar refractivity (Wildman–Crippen MR) is 86.9 cm³/mol. The van der Waals surface area contributed by atoms with Crippen LogP contribution in [0.3, 0.4) is 0 Å². The summed E-state index contributed by atoms with van der Waals surface area (Å²) in [5, 5.41) is 0. The molecule has 1 heteroatoms. The fourth-order valence-corrected chi connectivity index (χ4v) is 2.46. The van der Waals surface area contributed by atoms with Crippen molar-refractivity contribution < 1.29 is 7.54 Å². The standard InChI is InChI=1S/C19H30O/c1-14-8-10-15(11-9-14)12-16(13-18(2,3)4)17(20)19(5,6)7/h8-11,16H,12-13H2,1-7H3/t16-/m1/s1/i10D,11D. The number of hydrogen-bond acceptors (Lipinski definition) is 1. The molecule has 1 aromatic carbocycles. The van der Waals surface area contributed by atoms with Gasteiger partial charge in [-0.2, -0.15) is 0 Å². The van der Waals surface area contributed by atoms with Crippen molar-refractivity contribution in [3.8, 4) is 0 Å². The number of benzene rings is 1. The molecule has 0 saturated heterocycles. The van der Waals surface area contributed by atoms with Gasteiger partial charge in [0.1, 0.15) is 5.78 Å². The fourth-order valence-electron chi connectivity index (χ4n) is 2.46. The molecule has 20 heavy (non-hydrogen) atoms. The second-order valence-electron chi connectivity index (χ2n) is 8.08. The maximum Gasteiger partial charge on any atom is 0.141 e. The maximum atomic E-state index is 12.8. The third-order valence-electron chi connectivity index (χ3n) is 3.37. The highest BCUT2D eigenvalue weighted by Gasteiger charge is 2.32. The first-order valence-corrected chi connectivity index (χ1v) is 7.42. The number of ketones is 1. The average molecular weight is 276 g/mol. The molecule has 112 valence electrons. The quantitative estimate of drug-likeness (QED) is 0.738. The summed E-state index contributed by atoms with van der Waals surface area (Å²) in [6.07, 6.45) is 1.27. The minimum absolute atomic E-state index is 0.0423. The van der Waals surface area contributed by atoms with Crippen LogP contribution in [-0.2, 0) is 11.2 Å². The topological polar surface area (TPSA) is 17.1 Å². The molecule has 0 N–H and O–H groups in total. The normalized spacial score (nSPS) is 15.6. The molecule has 0 fully saturated rings. The molecule has 1 rings (SSSR count). The lowest BCUT2D eigenvalue weighted by atomic mass is 9.73. The van der Waals surface area contributed by atoms with E-state index in [0.717, 1.165) is 12.0 Å². The molecule has 1 nitrogen and oxygen atoms in total. The zero-order valence-corrected chi connectivity index (χ0v) is 14.1. The number of rotatable bonds is 4. The Balaban J connectivity index is 3.17. The zero-order chi connectivity index (χ0) is 17.3. The molecule has 1 aromatic rings. The number of aryl methyl sites for hydroxylation is 1. The highest BCUT2D eigenvalue weighted by atomic mass is 16.1. The van der Waals surface area contributed by atoms with Gasteiger partial charge in [0.05, 0.1) is 2.74 Å². The molecule has 0 unspecified atom stereocenters. The van der Waals surface area contributed by atoms with Gasteiger partial charge in [0, 0.05) is 11.3 Å². The van der Waals surface area contributed by atoms with E-state index in [4.69, 9.17) is 2.74 Å². The molecule has 0 aliphatic carbocycles. The molecular weight excluding hydrogens is 244 g/mol. The van der Waals surface area contributed by atoms with E-state index in [9.17, 15) is 4.79 Å². The monoisotopic (exact) mass is 276 g/mol. The lowest BCUT2D eigenvalue weighted by Crippen LogP contribution is -2.32. The van der Waals surface area contributed by atoms with Crippen molar-refractivity contribution in [2.24, 2.45) is 16.7 Å². The summed E-state index contributed by atoms with van der Waals surface area (Å²) in [6, 6.07) is 4.32. The van der Waals surface area contributed by atoms with E-state index in [-0.39, 0.29) is 17.1 Å². The van der Waals surface area contributed by atoms with Crippen molar-refractivity contribution >= 4 is 5.78 Å². The Morgan fingerprint density at radius 2 is 1.65 bits per heavy atom. The van der Waals surface area contributed by atoms with E-state index in [2.05, 4.69) is 20.8 Å². The van der Waals surface area contributed by atoms with E-state index in [1.807, 2.05) is 27.7 Å². The highest BCUT2D eigenvalue weighted by molar-refractivity contribution is 5.86.